The zero-order valence-corrected chi connectivity index (χ0v) is 16.4. The molecule has 0 saturated heterocycles. The molecule has 6 nitrogen and oxygen atoms in total. The average molecular weight is 402 g/mol. The molecule has 8 heteroatoms. The highest BCUT2D eigenvalue weighted by Crippen LogP contribution is 2.18. The molecule has 0 atom stereocenters. The Bertz CT molecular complexity index is 955. The van der Waals surface area contributed by atoms with E-state index in [0.717, 1.165) is 11.3 Å². The third-order valence-electron chi connectivity index (χ3n) is 4.13. The normalized spacial score (nSPS) is 10.6. The van der Waals surface area contributed by atoms with E-state index in [4.69, 9.17) is 11.6 Å². The van der Waals surface area contributed by atoms with Crippen molar-refractivity contribution in [1.82, 2.24) is 20.4 Å². The van der Waals surface area contributed by atoms with Gasteiger partial charge in [-0.3, -0.25) is 0 Å². The molecule has 3 rings (SSSR count). The van der Waals surface area contributed by atoms with E-state index in [1.165, 1.54) is 6.07 Å². The van der Waals surface area contributed by atoms with Crippen molar-refractivity contribution in [1.29, 1.82) is 0 Å². The summed E-state index contributed by atoms with van der Waals surface area (Å²) in [7, 11) is 3.55. The monoisotopic (exact) mass is 401 g/mol. The van der Waals surface area contributed by atoms with Crippen LogP contribution in [0.15, 0.2) is 54.9 Å². The van der Waals surface area contributed by atoms with Crippen molar-refractivity contribution >= 4 is 23.3 Å². The van der Waals surface area contributed by atoms with Gasteiger partial charge in [0.15, 0.2) is 0 Å². The van der Waals surface area contributed by atoms with E-state index in [9.17, 15) is 9.18 Å². The van der Waals surface area contributed by atoms with Gasteiger partial charge in [0.05, 0.1) is 17.6 Å². The number of nitrogens with one attached hydrogen (secondary N) is 2. The summed E-state index contributed by atoms with van der Waals surface area (Å²) < 4.78 is 15.7. The first kappa shape index (κ1) is 19.7. The molecular formula is C20H21ClFN5O. The molecule has 1 aromatic heterocycles. The van der Waals surface area contributed by atoms with E-state index in [1.807, 2.05) is 18.3 Å². The van der Waals surface area contributed by atoms with Crippen LogP contribution in [-0.2, 0) is 13.1 Å². The van der Waals surface area contributed by atoms with Crippen molar-refractivity contribution in [2.75, 3.05) is 19.0 Å². The number of rotatable bonds is 6. The highest BCUT2D eigenvalue weighted by atomic mass is 35.5. The van der Waals surface area contributed by atoms with Crippen LogP contribution in [0, 0.1) is 5.82 Å². The number of benzene rings is 2. The molecule has 2 aromatic carbocycles. The molecule has 0 spiro atoms. The quantitative estimate of drug-likeness (QED) is 0.661. The minimum atomic E-state index is -0.337. The number of aromatic nitrogens is 2. The Hall–Kier alpha value is -3.06. The molecule has 3 aromatic rings. The van der Waals surface area contributed by atoms with Crippen LogP contribution in [0.2, 0.25) is 5.02 Å². The first-order chi connectivity index (χ1) is 13.4. The Morgan fingerprint density at radius 3 is 2.43 bits per heavy atom. The van der Waals surface area contributed by atoms with Crippen LogP contribution in [0.3, 0.4) is 0 Å². The Kier molecular flexibility index (Phi) is 6.16. The number of hydrogen-bond acceptors (Lipinski definition) is 3. The third-order valence-corrected chi connectivity index (χ3v) is 4.38. The average Bonchev–Trinajstić information content (AvgIpc) is 3.14. The van der Waals surface area contributed by atoms with Gasteiger partial charge in [0.25, 0.3) is 0 Å². The van der Waals surface area contributed by atoms with Gasteiger partial charge in [-0.25, -0.2) is 13.9 Å². The van der Waals surface area contributed by atoms with Gasteiger partial charge in [0, 0.05) is 44.0 Å². The molecule has 28 heavy (non-hydrogen) atoms. The number of nitrogens with zero attached hydrogens (tertiary/aromatic N) is 3. The third kappa shape index (κ3) is 5.01. The summed E-state index contributed by atoms with van der Waals surface area (Å²) >= 11 is 5.89. The lowest BCUT2D eigenvalue weighted by atomic mass is 10.2. The summed E-state index contributed by atoms with van der Waals surface area (Å²) in [4.78, 5) is 13.7. The lowest BCUT2D eigenvalue weighted by molar-refractivity contribution is 0.240. The van der Waals surface area contributed by atoms with Crippen molar-refractivity contribution in [2.24, 2.45) is 0 Å². The van der Waals surface area contributed by atoms with E-state index in [0.29, 0.717) is 22.8 Å². The Morgan fingerprint density at radius 1 is 1.11 bits per heavy atom. The molecule has 0 bridgehead atoms. The van der Waals surface area contributed by atoms with Crippen LogP contribution in [0.4, 0.5) is 14.9 Å². The molecule has 0 aliphatic heterocycles. The maximum atomic E-state index is 14.0. The Labute approximate surface area is 167 Å². The maximum absolute atomic E-state index is 14.0. The van der Waals surface area contributed by atoms with E-state index >= 15 is 0 Å². The van der Waals surface area contributed by atoms with Crippen molar-refractivity contribution < 1.29 is 9.18 Å². The smallest absolute Gasteiger partial charge is 0.315 e. The topological polar surface area (TPSA) is 62.2 Å². The van der Waals surface area contributed by atoms with Crippen molar-refractivity contribution in [3.05, 3.63) is 76.8 Å². The number of carbonyl (C=O) groups excluding carboxylic acids is 1. The van der Waals surface area contributed by atoms with Crippen molar-refractivity contribution in [3.63, 3.8) is 0 Å². The van der Waals surface area contributed by atoms with E-state index < -0.39 is 0 Å². The first-order valence-electron chi connectivity index (χ1n) is 8.69. The first-order valence-corrected chi connectivity index (χ1v) is 9.07. The second-order valence-electron chi connectivity index (χ2n) is 6.49. The molecule has 2 N–H and O–H groups in total. The fourth-order valence-corrected chi connectivity index (χ4v) is 2.76. The van der Waals surface area contributed by atoms with E-state index in [2.05, 4.69) is 15.7 Å². The summed E-state index contributed by atoms with van der Waals surface area (Å²) in [6.45, 7) is 0.563. The highest BCUT2D eigenvalue weighted by molar-refractivity contribution is 6.30. The van der Waals surface area contributed by atoms with Crippen molar-refractivity contribution in [3.8, 4) is 5.69 Å². The standard InChI is InChI=1S/C20H21ClFN5O/c1-26(2)19-8-3-14(9-18(19)22)10-23-20(28)24-11-15-12-25-27(13-15)17-6-4-16(21)5-7-17/h3-9,12-13H,10-11H2,1-2H3,(H2,23,24,28). The summed E-state index contributed by atoms with van der Waals surface area (Å²) in [6, 6.07) is 11.9. The molecule has 0 aliphatic carbocycles. The molecule has 0 saturated carbocycles. The van der Waals surface area contributed by atoms with Crippen LogP contribution < -0.4 is 15.5 Å². The lowest BCUT2D eigenvalue weighted by Gasteiger charge is -2.14. The van der Waals surface area contributed by atoms with Crippen molar-refractivity contribution in [2.45, 2.75) is 13.1 Å². The molecule has 2 amide bonds. The van der Waals surface area contributed by atoms with Crippen LogP contribution in [0.1, 0.15) is 11.1 Å². The predicted molar refractivity (Wildman–Crippen MR) is 108 cm³/mol. The minimum Gasteiger partial charge on any atom is -0.375 e. The highest BCUT2D eigenvalue weighted by Gasteiger charge is 2.07. The van der Waals surface area contributed by atoms with Gasteiger partial charge < -0.3 is 15.5 Å². The largest absolute Gasteiger partial charge is 0.375 e. The van der Waals surface area contributed by atoms with E-state index in [-0.39, 0.29) is 18.4 Å². The number of halogens is 2. The molecule has 0 radical (unpaired) electrons. The lowest BCUT2D eigenvalue weighted by Crippen LogP contribution is -2.34. The number of anilines is 1. The molecule has 0 aliphatic rings. The minimum absolute atomic E-state index is 0.237. The molecular weight excluding hydrogens is 381 g/mol. The second kappa shape index (κ2) is 8.75. The SMILES string of the molecule is CN(C)c1ccc(CNC(=O)NCc2cnn(-c3ccc(Cl)cc3)c2)cc1F. The molecule has 146 valence electrons. The second-order valence-corrected chi connectivity index (χ2v) is 6.92. The molecule has 0 fully saturated rings. The summed E-state index contributed by atoms with van der Waals surface area (Å²) in [5.74, 6) is -0.320. The van der Waals surface area contributed by atoms with Gasteiger partial charge in [-0.1, -0.05) is 17.7 Å². The summed E-state index contributed by atoms with van der Waals surface area (Å²) in [5, 5.41) is 10.4. The number of amides is 2. The van der Waals surface area contributed by atoms with Gasteiger partial charge in [-0.2, -0.15) is 5.10 Å². The zero-order chi connectivity index (χ0) is 20.1. The Balaban J connectivity index is 1.49. The summed E-state index contributed by atoms with van der Waals surface area (Å²) in [5.41, 5.74) is 2.93. The zero-order valence-electron chi connectivity index (χ0n) is 15.6. The van der Waals surface area contributed by atoms with Crippen LogP contribution in [0.25, 0.3) is 5.69 Å². The van der Waals surface area contributed by atoms with Crippen LogP contribution in [0.5, 0.6) is 0 Å². The maximum Gasteiger partial charge on any atom is 0.315 e. The van der Waals surface area contributed by atoms with Crippen LogP contribution >= 0.6 is 11.6 Å². The number of carbonyl (C=O) groups is 1. The molecule has 0 unspecified atom stereocenters. The van der Waals surface area contributed by atoms with Gasteiger partial charge in [0.2, 0.25) is 0 Å². The predicted octanol–water partition coefficient (Wildman–Crippen LogP) is 3.73. The van der Waals surface area contributed by atoms with Gasteiger partial charge in [0.1, 0.15) is 5.82 Å². The molecule has 1 heterocycles. The number of urea groups is 1. The van der Waals surface area contributed by atoms with Gasteiger partial charge in [-0.15, -0.1) is 0 Å². The Morgan fingerprint density at radius 2 is 1.79 bits per heavy atom. The summed E-state index contributed by atoms with van der Waals surface area (Å²) in [6.07, 6.45) is 3.52. The van der Waals surface area contributed by atoms with Crippen LogP contribution in [-0.4, -0.2) is 29.9 Å². The fraction of sp³-hybridized carbons (Fsp3) is 0.200. The number of hydrogen-bond donors (Lipinski definition) is 2. The van der Waals surface area contributed by atoms with Gasteiger partial charge >= 0.3 is 6.03 Å². The van der Waals surface area contributed by atoms with E-state index in [1.54, 1.807) is 54.1 Å². The van der Waals surface area contributed by atoms with Gasteiger partial charge in [-0.05, 0) is 42.0 Å². The fourth-order valence-electron chi connectivity index (χ4n) is 2.64.